The van der Waals surface area contributed by atoms with E-state index in [2.05, 4.69) is 21.6 Å². The zero-order valence-electron chi connectivity index (χ0n) is 16.3. The van der Waals surface area contributed by atoms with Gasteiger partial charge in [0.05, 0.1) is 17.9 Å². The van der Waals surface area contributed by atoms with E-state index in [9.17, 15) is 4.79 Å². The normalized spacial score (nSPS) is 24.7. The van der Waals surface area contributed by atoms with Crippen LogP contribution in [0.15, 0.2) is 48.2 Å². The SMILES string of the molecule is C=C[C@@H](CN=[N+]=[N-])[C@H]1CCN2C(=O)S[C@@H](c3ccnc4ccc(OC)cc34)[C@@H]2C1. The van der Waals surface area contributed by atoms with Crippen LogP contribution in [0.4, 0.5) is 4.79 Å². The number of piperidine rings is 1. The van der Waals surface area contributed by atoms with Crippen LogP contribution in [0.1, 0.15) is 23.7 Å². The van der Waals surface area contributed by atoms with Gasteiger partial charge in [-0.15, -0.1) is 6.58 Å². The number of fused-ring (bicyclic) bond motifs is 2. The second-order valence-corrected chi connectivity index (χ2v) is 8.54. The fraction of sp³-hybridized carbons (Fsp3) is 0.429. The molecule has 2 aliphatic heterocycles. The van der Waals surface area contributed by atoms with E-state index in [1.807, 2.05) is 41.4 Å². The van der Waals surface area contributed by atoms with Gasteiger partial charge in [0.1, 0.15) is 5.75 Å². The van der Waals surface area contributed by atoms with Crippen molar-refractivity contribution in [2.45, 2.75) is 24.1 Å². The first kappa shape index (κ1) is 19.6. The van der Waals surface area contributed by atoms with Gasteiger partial charge >= 0.3 is 0 Å². The number of thioether (sulfide) groups is 1. The molecule has 0 bridgehead atoms. The average molecular weight is 410 g/mol. The largest absolute Gasteiger partial charge is 0.497 e. The van der Waals surface area contributed by atoms with Crippen LogP contribution in [0.2, 0.25) is 0 Å². The predicted octanol–water partition coefficient (Wildman–Crippen LogP) is 5.34. The number of azide groups is 1. The molecule has 0 unspecified atom stereocenters. The van der Waals surface area contributed by atoms with Gasteiger partial charge in [-0.05, 0) is 60.0 Å². The van der Waals surface area contributed by atoms with Crippen LogP contribution in [0, 0.1) is 11.8 Å². The van der Waals surface area contributed by atoms with E-state index in [4.69, 9.17) is 10.3 Å². The third kappa shape index (κ3) is 3.66. The van der Waals surface area contributed by atoms with Crippen LogP contribution in [-0.2, 0) is 0 Å². The summed E-state index contributed by atoms with van der Waals surface area (Å²) in [6.07, 6.45) is 5.47. The Morgan fingerprint density at radius 1 is 1.52 bits per heavy atom. The quantitative estimate of drug-likeness (QED) is 0.278. The van der Waals surface area contributed by atoms with Crippen molar-refractivity contribution in [2.24, 2.45) is 17.0 Å². The minimum absolute atomic E-state index is 0.0350. The molecule has 8 heteroatoms. The summed E-state index contributed by atoms with van der Waals surface area (Å²) in [5, 5.41) is 4.95. The number of rotatable bonds is 6. The van der Waals surface area contributed by atoms with E-state index in [1.54, 1.807) is 7.11 Å². The smallest absolute Gasteiger partial charge is 0.282 e. The highest BCUT2D eigenvalue weighted by Crippen LogP contribution is 2.50. The van der Waals surface area contributed by atoms with Crippen LogP contribution in [0.3, 0.4) is 0 Å². The van der Waals surface area contributed by atoms with Crippen molar-refractivity contribution >= 4 is 27.9 Å². The zero-order chi connectivity index (χ0) is 20.4. The van der Waals surface area contributed by atoms with E-state index in [0.29, 0.717) is 12.5 Å². The van der Waals surface area contributed by atoms with Crippen molar-refractivity contribution in [1.29, 1.82) is 0 Å². The maximum atomic E-state index is 12.7. The molecule has 2 fully saturated rings. The standard InChI is InChI=1S/C21H23N5O2S/c1-3-13(12-24-25-22)14-7-9-26-19(10-14)20(29-21(26)27)16-6-8-23-18-5-4-15(28-2)11-17(16)18/h3-6,8,11,13-14,19-20H,1,7,9-10,12H2,2H3/t13-,14-,19-,20-/m0/s1. The topological polar surface area (TPSA) is 91.2 Å². The third-order valence-corrected chi connectivity index (χ3v) is 7.31. The van der Waals surface area contributed by atoms with E-state index in [0.717, 1.165) is 41.6 Å². The van der Waals surface area contributed by atoms with Crippen LogP contribution < -0.4 is 4.74 Å². The first-order chi connectivity index (χ1) is 14.2. The van der Waals surface area contributed by atoms with Crippen LogP contribution >= 0.6 is 11.8 Å². The molecule has 4 rings (SSSR count). The van der Waals surface area contributed by atoms with E-state index >= 15 is 0 Å². The molecule has 4 atom stereocenters. The van der Waals surface area contributed by atoms with Crippen molar-refractivity contribution < 1.29 is 9.53 Å². The highest BCUT2D eigenvalue weighted by atomic mass is 32.2. The molecule has 1 aromatic heterocycles. The van der Waals surface area contributed by atoms with Crippen molar-refractivity contribution in [3.63, 3.8) is 0 Å². The molecule has 2 aromatic rings. The van der Waals surface area contributed by atoms with Gasteiger partial charge in [0, 0.05) is 35.6 Å². The maximum absolute atomic E-state index is 12.7. The number of carbonyl (C=O) groups excluding carboxylic acids is 1. The minimum atomic E-state index is 0.0350. The number of ether oxygens (including phenoxy) is 1. The number of nitrogens with zero attached hydrogens (tertiary/aromatic N) is 5. The summed E-state index contributed by atoms with van der Waals surface area (Å²) in [4.78, 5) is 22.1. The van der Waals surface area contributed by atoms with E-state index in [-0.39, 0.29) is 22.4 Å². The second-order valence-electron chi connectivity index (χ2n) is 7.45. The number of hydrogen-bond donors (Lipinski definition) is 0. The molecule has 7 nitrogen and oxygen atoms in total. The Morgan fingerprint density at radius 2 is 2.38 bits per heavy atom. The highest BCUT2D eigenvalue weighted by Gasteiger charge is 2.46. The fourth-order valence-electron chi connectivity index (χ4n) is 4.52. The molecule has 1 amide bonds. The number of carbonyl (C=O) groups is 1. The summed E-state index contributed by atoms with van der Waals surface area (Å²) in [6, 6.07) is 7.98. The average Bonchev–Trinajstić information content (AvgIpc) is 3.09. The van der Waals surface area contributed by atoms with Gasteiger partial charge in [0.25, 0.3) is 5.24 Å². The van der Waals surface area contributed by atoms with Gasteiger partial charge in [0.2, 0.25) is 0 Å². The molecule has 0 aliphatic carbocycles. The van der Waals surface area contributed by atoms with Gasteiger partial charge < -0.3 is 9.64 Å². The first-order valence-electron chi connectivity index (χ1n) is 9.69. The minimum Gasteiger partial charge on any atom is -0.497 e. The molecule has 0 radical (unpaired) electrons. The van der Waals surface area contributed by atoms with Gasteiger partial charge in [-0.25, -0.2) is 0 Å². The molecule has 2 aliphatic rings. The summed E-state index contributed by atoms with van der Waals surface area (Å²) in [7, 11) is 1.65. The van der Waals surface area contributed by atoms with Crippen molar-refractivity contribution in [3.05, 3.63) is 59.1 Å². The molecule has 1 aromatic carbocycles. The van der Waals surface area contributed by atoms with Crippen molar-refractivity contribution in [3.8, 4) is 5.75 Å². The number of methoxy groups -OCH3 is 1. The van der Waals surface area contributed by atoms with Crippen molar-refractivity contribution in [2.75, 3.05) is 20.2 Å². The lowest BCUT2D eigenvalue weighted by atomic mass is 9.79. The number of hydrogen-bond acceptors (Lipinski definition) is 5. The number of pyridine rings is 1. The van der Waals surface area contributed by atoms with Gasteiger partial charge in [-0.1, -0.05) is 23.0 Å². The molecule has 3 heterocycles. The van der Waals surface area contributed by atoms with Crippen LogP contribution in [0.5, 0.6) is 5.75 Å². The Hall–Kier alpha value is -2.70. The Balaban J connectivity index is 1.68. The summed E-state index contributed by atoms with van der Waals surface area (Å²) in [6.45, 7) is 5.08. The summed E-state index contributed by atoms with van der Waals surface area (Å²) in [5.41, 5.74) is 10.7. The van der Waals surface area contributed by atoms with Gasteiger partial charge in [0.15, 0.2) is 0 Å². The predicted molar refractivity (Wildman–Crippen MR) is 115 cm³/mol. The Labute approximate surface area is 173 Å². The molecule has 150 valence electrons. The van der Waals surface area contributed by atoms with Gasteiger partial charge in [-0.3, -0.25) is 9.78 Å². The molecular weight excluding hydrogens is 386 g/mol. The van der Waals surface area contributed by atoms with Crippen LogP contribution in [0.25, 0.3) is 21.3 Å². The van der Waals surface area contributed by atoms with Crippen molar-refractivity contribution in [1.82, 2.24) is 9.88 Å². The Morgan fingerprint density at radius 3 is 3.14 bits per heavy atom. The van der Waals surface area contributed by atoms with E-state index in [1.165, 1.54) is 11.8 Å². The highest BCUT2D eigenvalue weighted by molar-refractivity contribution is 8.14. The second kappa shape index (κ2) is 8.35. The Kier molecular flexibility index (Phi) is 5.65. The Bertz CT molecular complexity index is 990. The summed E-state index contributed by atoms with van der Waals surface area (Å²) < 4.78 is 5.41. The molecule has 0 N–H and O–H groups in total. The molecule has 29 heavy (non-hydrogen) atoms. The molecular formula is C21H23N5O2S. The molecule has 0 saturated carbocycles. The molecule has 2 saturated heterocycles. The molecule has 0 spiro atoms. The maximum Gasteiger partial charge on any atom is 0.282 e. The third-order valence-electron chi connectivity index (χ3n) is 6.05. The summed E-state index contributed by atoms with van der Waals surface area (Å²) >= 11 is 1.40. The number of aromatic nitrogens is 1. The monoisotopic (exact) mass is 409 g/mol. The first-order valence-corrected chi connectivity index (χ1v) is 10.6. The lowest BCUT2D eigenvalue weighted by molar-refractivity contribution is 0.136. The zero-order valence-corrected chi connectivity index (χ0v) is 17.1. The summed E-state index contributed by atoms with van der Waals surface area (Å²) in [5.74, 6) is 1.25. The van der Waals surface area contributed by atoms with E-state index < -0.39 is 0 Å². The lowest BCUT2D eigenvalue weighted by Crippen LogP contribution is -2.43. The van der Waals surface area contributed by atoms with Gasteiger partial charge in [-0.2, -0.15) is 0 Å². The number of amides is 1. The number of benzene rings is 1. The van der Waals surface area contributed by atoms with Crippen LogP contribution in [-0.4, -0.2) is 41.4 Å². The fourth-order valence-corrected chi connectivity index (χ4v) is 5.85. The lowest BCUT2D eigenvalue weighted by Gasteiger charge is -2.39.